The lowest BCUT2D eigenvalue weighted by Gasteiger charge is -2.29. The van der Waals surface area contributed by atoms with E-state index in [1.165, 1.54) is 29.2 Å². The van der Waals surface area contributed by atoms with Gasteiger partial charge in [0.1, 0.15) is 12.6 Å². The van der Waals surface area contributed by atoms with Crippen molar-refractivity contribution in [3.63, 3.8) is 0 Å². The predicted molar refractivity (Wildman–Crippen MR) is 129 cm³/mol. The highest BCUT2D eigenvalue weighted by Crippen LogP contribution is 2.33. The fraction of sp³-hybridized carbons (Fsp3) is 0.364. The van der Waals surface area contributed by atoms with E-state index in [0.29, 0.717) is 9.21 Å². The lowest BCUT2D eigenvalue weighted by molar-refractivity contribution is -0.125. The first-order chi connectivity index (χ1) is 17.2. The number of morpholine rings is 1. The Labute approximate surface area is 213 Å². The molecule has 0 unspecified atom stereocenters. The van der Waals surface area contributed by atoms with Gasteiger partial charge in [-0.2, -0.15) is 0 Å². The standard InChI is InChI=1S/C22H23ClF2N4O6S/c1-2-35-22(33)28-14(10-26-21(32)16-5-6-17(23)36-16)20(31)27-12-3-4-15(13(9-12)19(24)25)29-7-8-34-11-18(29)30/h3-6,9,14,19H,2,7-8,10-11H2,1H3,(H,26,32)(H,27,31)(H,28,33)/t14-/m1/s1. The topological polar surface area (TPSA) is 126 Å². The van der Waals surface area contributed by atoms with Crippen LogP contribution in [0.25, 0.3) is 0 Å². The molecule has 2 heterocycles. The summed E-state index contributed by atoms with van der Waals surface area (Å²) >= 11 is 6.87. The Morgan fingerprint density at radius 3 is 2.67 bits per heavy atom. The largest absolute Gasteiger partial charge is 0.450 e. The summed E-state index contributed by atoms with van der Waals surface area (Å²) in [6, 6.07) is 5.46. The van der Waals surface area contributed by atoms with Crippen LogP contribution in [0.2, 0.25) is 4.34 Å². The smallest absolute Gasteiger partial charge is 0.407 e. The minimum Gasteiger partial charge on any atom is -0.450 e. The van der Waals surface area contributed by atoms with E-state index in [9.17, 15) is 28.0 Å². The van der Waals surface area contributed by atoms with E-state index in [4.69, 9.17) is 21.1 Å². The highest BCUT2D eigenvalue weighted by molar-refractivity contribution is 7.18. The number of hydrogen-bond donors (Lipinski definition) is 3. The first-order valence-electron chi connectivity index (χ1n) is 10.8. The summed E-state index contributed by atoms with van der Waals surface area (Å²) in [6.45, 7) is 1.40. The van der Waals surface area contributed by atoms with Crippen molar-refractivity contribution >= 4 is 58.1 Å². The third kappa shape index (κ3) is 7.12. The number of anilines is 2. The molecule has 1 aliphatic rings. The van der Waals surface area contributed by atoms with Crippen molar-refractivity contribution in [3.8, 4) is 0 Å². The number of carbonyl (C=O) groups excluding carboxylic acids is 4. The Balaban J connectivity index is 1.75. The van der Waals surface area contributed by atoms with E-state index < -0.39 is 41.8 Å². The van der Waals surface area contributed by atoms with Crippen molar-refractivity contribution in [3.05, 3.63) is 45.1 Å². The van der Waals surface area contributed by atoms with Crippen LogP contribution < -0.4 is 20.9 Å². The van der Waals surface area contributed by atoms with Gasteiger partial charge in [0.05, 0.1) is 28.1 Å². The highest BCUT2D eigenvalue weighted by atomic mass is 35.5. The average molecular weight is 545 g/mol. The van der Waals surface area contributed by atoms with Crippen molar-refractivity contribution in [2.24, 2.45) is 0 Å². The number of alkyl carbamates (subject to hydrolysis) is 1. The maximum Gasteiger partial charge on any atom is 0.407 e. The molecule has 2 aromatic rings. The van der Waals surface area contributed by atoms with Crippen LogP contribution in [0.3, 0.4) is 0 Å². The monoisotopic (exact) mass is 544 g/mol. The van der Waals surface area contributed by atoms with Crippen molar-refractivity contribution in [1.82, 2.24) is 10.6 Å². The summed E-state index contributed by atoms with van der Waals surface area (Å²) in [5.41, 5.74) is -0.438. The fourth-order valence-corrected chi connectivity index (χ4v) is 4.26. The molecule has 0 radical (unpaired) electrons. The van der Waals surface area contributed by atoms with Crippen LogP contribution in [-0.4, -0.2) is 62.8 Å². The molecule has 36 heavy (non-hydrogen) atoms. The number of thiophene rings is 1. The molecule has 14 heteroatoms. The minimum atomic E-state index is -2.93. The number of rotatable bonds is 9. The molecule has 1 aromatic heterocycles. The van der Waals surface area contributed by atoms with Gasteiger partial charge >= 0.3 is 6.09 Å². The van der Waals surface area contributed by atoms with Crippen molar-refractivity contribution in [2.45, 2.75) is 19.4 Å². The molecule has 10 nitrogen and oxygen atoms in total. The van der Waals surface area contributed by atoms with Crippen LogP contribution >= 0.6 is 22.9 Å². The second-order valence-electron chi connectivity index (χ2n) is 7.39. The van der Waals surface area contributed by atoms with Gasteiger partial charge in [-0.1, -0.05) is 11.6 Å². The first kappa shape index (κ1) is 27.3. The summed E-state index contributed by atoms with van der Waals surface area (Å²) in [4.78, 5) is 50.8. The zero-order valence-corrected chi connectivity index (χ0v) is 20.6. The Kier molecular flexibility index (Phi) is 9.56. The van der Waals surface area contributed by atoms with Gasteiger partial charge in [0.2, 0.25) is 5.91 Å². The summed E-state index contributed by atoms with van der Waals surface area (Å²) < 4.78 is 37.9. The van der Waals surface area contributed by atoms with Crippen LogP contribution in [0.5, 0.6) is 0 Å². The number of alkyl halides is 2. The summed E-state index contributed by atoms with van der Waals surface area (Å²) in [6.07, 6.45) is -3.83. The van der Waals surface area contributed by atoms with Gasteiger partial charge in [0.15, 0.2) is 0 Å². The molecular formula is C22H23ClF2N4O6S. The number of ether oxygens (including phenoxy) is 2. The molecule has 3 N–H and O–H groups in total. The lowest BCUT2D eigenvalue weighted by atomic mass is 10.1. The number of carbonyl (C=O) groups is 4. The van der Waals surface area contributed by atoms with Gasteiger partial charge in [-0.05, 0) is 37.3 Å². The van der Waals surface area contributed by atoms with Crippen LogP contribution in [-0.2, 0) is 19.1 Å². The Hall–Kier alpha value is -3.29. The first-order valence-corrected chi connectivity index (χ1v) is 12.0. The van der Waals surface area contributed by atoms with Crippen molar-refractivity contribution in [1.29, 1.82) is 0 Å². The van der Waals surface area contributed by atoms with Crippen LogP contribution in [0.1, 0.15) is 28.6 Å². The van der Waals surface area contributed by atoms with Gasteiger partial charge in [0.25, 0.3) is 18.2 Å². The molecular weight excluding hydrogens is 522 g/mol. The number of benzene rings is 1. The molecule has 194 valence electrons. The predicted octanol–water partition coefficient (Wildman–Crippen LogP) is 3.19. The zero-order chi connectivity index (χ0) is 26.2. The SMILES string of the molecule is CCOC(=O)N[C@H](CNC(=O)c1ccc(Cl)s1)C(=O)Nc1ccc(N2CCOCC2=O)c(C(F)F)c1. The van der Waals surface area contributed by atoms with Gasteiger partial charge in [-0.15, -0.1) is 11.3 Å². The third-order valence-corrected chi connectivity index (χ3v) is 6.18. The van der Waals surface area contributed by atoms with E-state index in [0.717, 1.165) is 17.4 Å². The lowest BCUT2D eigenvalue weighted by Crippen LogP contribution is -2.50. The molecule has 1 aromatic carbocycles. The molecule has 1 aliphatic heterocycles. The zero-order valence-electron chi connectivity index (χ0n) is 19.0. The molecule has 0 saturated carbocycles. The van der Waals surface area contributed by atoms with E-state index in [-0.39, 0.29) is 44.3 Å². The maximum atomic E-state index is 13.8. The summed E-state index contributed by atoms with van der Waals surface area (Å²) in [5, 5.41) is 7.30. The molecule has 1 fully saturated rings. The van der Waals surface area contributed by atoms with Crippen LogP contribution in [0.4, 0.5) is 25.0 Å². The van der Waals surface area contributed by atoms with Gasteiger partial charge in [-0.25, -0.2) is 13.6 Å². The molecule has 0 bridgehead atoms. The van der Waals surface area contributed by atoms with Crippen LogP contribution in [0, 0.1) is 0 Å². The van der Waals surface area contributed by atoms with Gasteiger partial charge < -0.3 is 30.3 Å². The third-order valence-electron chi connectivity index (χ3n) is 4.95. The Morgan fingerprint density at radius 2 is 2.03 bits per heavy atom. The number of hydrogen-bond acceptors (Lipinski definition) is 7. The number of nitrogens with one attached hydrogen (secondary N) is 3. The second-order valence-corrected chi connectivity index (χ2v) is 9.11. The second kappa shape index (κ2) is 12.6. The number of amides is 4. The van der Waals surface area contributed by atoms with Gasteiger partial charge in [0, 0.05) is 24.3 Å². The molecule has 0 spiro atoms. The van der Waals surface area contributed by atoms with Crippen molar-refractivity contribution < 1.29 is 37.4 Å². The Morgan fingerprint density at radius 1 is 1.25 bits per heavy atom. The maximum absolute atomic E-state index is 13.8. The summed E-state index contributed by atoms with van der Waals surface area (Å²) in [7, 11) is 0. The van der Waals surface area contributed by atoms with Crippen LogP contribution in [0.15, 0.2) is 30.3 Å². The highest BCUT2D eigenvalue weighted by Gasteiger charge is 2.27. The average Bonchev–Trinajstić information content (AvgIpc) is 3.28. The quantitative estimate of drug-likeness (QED) is 0.445. The summed E-state index contributed by atoms with van der Waals surface area (Å²) in [5.74, 6) is -1.76. The molecule has 4 amide bonds. The minimum absolute atomic E-state index is 0.00628. The Bertz CT molecular complexity index is 1130. The molecule has 3 rings (SSSR count). The van der Waals surface area contributed by atoms with Gasteiger partial charge in [-0.3, -0.25) is 14.4 Å². The van der Waals surface area contributed by atoms with Crippen molar-refractivity contribution in [2.75, 3.05) is 43.1 Å². The van der Waals surface area contributed by atoms with E-state index in [2.05, 4.69) is 16.0 Å². The van der Waals surface area contributed by atoms with E-state index >= 15 is 0 Å². The molecule has 1 saturated heterocycles. The normalized spacial score (nSPS) is 14.4. The number of nitrogens with zero attached hydrogens (tertiary/aromatic N) is 1. The fourth-order valence-electron chi connectivity index (χ4n) is 3.30. The number of halogens is 3. The van der Waals surface area contributed by atoms with E-state index in [1.807, 2.05) is 0 Å². The molecule has 0 aliphatic carbocycles. The van der Waals surface area contributed by atoms with E-state index in [1.54, 1.807) is 6.92 Å². The molecule has 1 atom stereocenters.